The molecule has 0 aromatic heterocycles. The summed E-state index contributed by atoms with van der Waals surface area (Å²) in [5, 5.41) is 8.63. The van der Waals surface area contributed by atoms with E-state index in [1.54, 1.807) is 6.07 Å². The molecule has 0 spiro atoms. The zero-order valence-electron chi connectivity index (χ0n) is 12.1. The molecule has 2 rings (SSSR count). The molecule has 1 unspecified atom stereocenters. The first-order valence-electron chi connectivity index (χ1n) is 7.09. The van der Waals surface area contributed by atoms with Crippen molar-refractivity contribution >= 4 is 17.7 Å². The highest BCUT2D eigenvalue weighted by Gasteiger charge is 2.16. The monoisotopic (exact) mass is 293 g/mol. The molecule has 1 aromatic carbocycles. The molecule has 0 bridgehead atoms. The number of carbonyl (C=O) groups is 1. The van der Waals surface area contributed by atoms with Crippen molar-refractivity contribution in [2.75, 3.05) is 25.1 Å². The predicted molar refractivity (Wildman–Crippen MR) is 79.9 cm³/mol. The van der Waals surface area contributed by atoms with Gasteiger partial charge in [-0.3, -0.25) is 0 Å². The summed E-state index contributed by atoms with van der Waals surface area (Å²) in [5.41, 5.74) is 1.25. The Morgan fingerprint density at radius 2 is 2.29 bits per heavy atom. The molecule has 5 heteroatoms. The zero-order valence-corrected chi connectivity index (χ0v) is 12.1. The molecule has 0 saturated carbocycles. The van der Waals surface area contributed by atoms with Crippen molar-refractivity contribution in [1.82, 2.24) is 0 Å². The zero-order chi connectivity index (χ0) is 15.2. The average Bonchev–Trinajstić information content (AvgIpc) is 2.45. The fourth-order valence-electron chi connectivity index (χ4n) is 2.44. The second-order valence-electron chi connectivity index (χ2n) is 5.28. The fraction of sp³-hybridized carbons (Fsp3) is 0.438. The van der Waals surface area contributed by atoms with Gasteiger partial charge in [0, 0.05) is 32.0 Å². The summed E-state index contributed by atoms with van der Waals surface area (Å²) in [6.07, 6.45) is 5.84. The van der Waals surface area contributed by atoms with Crippen molar-refractivity contribution in [2.24, 2.45) is 0 Å². The molecule has 21 heavy (non-hydrogen) atoms. The molecule has 114 valence electrons. The third-order valence-electron chi connectivity index (χ3n) is 3.52. The van der Waals surface area contributed by atoms with Crippen LogP contribution in [-0.2, 0) is 9.53 Å². The lowest BCUT2D eigenvalue weighted by atomic mass is 10.1. The van der Waals surface area contributed by atoms with Crippen molar-refractivity contribution in [3.8, 4) is 0 Å². The third kappa shape index (κ3) is 4.86. The normalized spacial score (nSPS) is 18.9. The number of carboxylic acids is 1. The van der Waals surface area contributed by atoms with Gasteiger partial charge in [-0.05, 0) is 49.1 Å². The minimum atomic E-state index is -1.05. The van der Waals surface area contributed by atoms with Crippen LogP contribution >= 0.6 is 0 Å². The van der Waals surface area contributed by atoms with Gasteiger partial charge in [0.05, 0.1) is 6.10 Å². The van der Waals surface area contributed by atoms with Crippen LogP contribution in [0.4, 0.5) is 10.1 Å². The Kier molecular flexibility index (Phi) is 5.33. The van der Waals surface area contributed by atoms with Gasteiger partial charge in [0.2, 0.25) is 0 Å². The minimum absolute atomic E-state index is 0.171. The van der Waals surface area contributed by atoms with Crippen LogP contribution in [0.25, 0.3) is 6.08 Å². The van der Waals surface area contributed by atoms with E-state index in [2.05, 4.69) is 0 Å². The van der Waals surface area contributed by atoms with Gasteiger partial charge in [-0.25, -0.2) is 9.18 Å². The van der Waals surface area contributed by atoms with Gasteiger partial charge in [-0.15, -0.1) is 0 Å². The standard InChI is InChI=1S/C16H20FNO3/c1-18(11-15-4-2-3-7-21-15)14-9-12(5-6-16(19)20)8-13(17)10-14/h5-6,8-10,15H,2-4,7,11H2,1H3,(H,19,20)/b6-5+. The van der Waals surface area contributed by atoms with E-state index in [4.69, 9.17) is 9.84 Å². The summed E-state index contributed by atoms with van der Waals surface area (Å²) in [5.74, 6) is -1.43. The SMILES string of the molecule is CN(CC1CCCCO1)c1cc(F)cc(/C=C/C(=O)O)c1. The van der Waals surface area contributed by atoms with E-state index in [9.17, 15) is 9.18 Å². The van der Waals surface area contributed by atoms with Crippen molar-refractivity contribution in [3.63, 3.8) is 0 Å². The Morgan fingerprint density at radius 1 is 1.48 bits per heavy atom. The van der Waals surface area contributed by atoms with E-state index < -0.39 is 5.97 Å². The molecule has 0 radical (unpaired) electrons. The van der Waals surface area contributed by atoms with Crippen LogP contribution in [0.5, 0.6) is 0 Å². The number of aliphatic carboxylic acids is 1. The Morgan fingerprint density at radius 3 is 2.95 bits per heavy atom. The minimum Gasteiger partial charge on any atom is -0.478 e. The van der Waals surface area contributed by atoms with Gasteiger partial charge in [-0.1, -0.05) is 0 Å². The highest BCUT2D eigenvalue weighted by molar-refractivity contribution is 5.85. The van der Waals surface area contributed by atoms with Crippen molar-refractivity contribution in [3.05, 3.63) is 35.7 Å². The smallest absolute Gasteiger partial charge is 0.328 e. The molecule has 1 atom stereocenters. The number of carboxylic acid groups (broad SMARTS) is 1. The predicted octanol–water partition coefficient (Wildman–Crippen LogP) is 2.93. The van der Waals surface area contributed by atoms with E-state index in [-0.39, 0.29) is 11.9 Å². The molecule has 4 nitrogen and oxygen atoms in total. The second-order valence-corrected chi connectivity index (χ2v) is 5.28. The summed E-state index contributed by atoms with van der Waals surface area (Å²) in [4.78, 5) is 12.5. The van der Waals surface area contributed by atoms with Crippen LogP contribution in [0.15, 0.2) is 24.3 Å². The number of nitrogens with zero attached hydrogens (tertiary/aromatic N) is 1. The Bertz CT molecular complexity index is 524. The molecular weight excluding hydrogens is 273 g/mol. The first-order valence-corrected chi connectivity index (χ1v) is 7.09. The van der Waals surface area contributed by atoms with Gasteiger partial charge in [0.15, 0.2) is 0 Å². The molecule has 1 aliphatic heterocycles. The van der Waals surface area contributed by atoms with Gasteiger partial charge in [0.25, 0.3) is 0 Å². The lowest BCUT2D eigenvalue weighted by Crippen LogP contribution is -2.33. The number of halogens is 1. The second kappa shape index (κ2) is 7.22. The highest BCUT2D eigenvalue weighted by Crippen LogP contribution is 2.21. The maximum absolute atomic E-state index is 13.7. The average molecular weight is 293 g/mol. The highest BCUT2D eigenvalue weighted by atomic mass is 19.1. The maximum atomic E-state index is 13.7. The van der Waals surface area contributed by atoms with Crippen LogP contribution in [0.2, 0.25) is 0 Å². The fourth-order valence-corrected chi connectivity index (χ4v) is 2.44. The number of hydrogen-bond donors (Lipinski definition) is 1. The number of benzene rings is 1. The maximum Gasteiger partial charge on any atom is 0.328 e. The molecule has 0 aliphatic carbocycles. The lowest BCUT2D eigenvalue weighted by molar-refractivity contribution is -0.131. The number of anilines is 1. The van der Waals surface area contributed by atoms with Gasteiger partial charge in [-0.2, -0.15) is 0 Å². The van der Waals surface area contributed by atoms with Crippen LogP contribution < -0.4 is 4.90 Å². The van der Waals surface area contributed by atoms with Crippen molar-refractivity contribution in [2.45, 2.75) is 25.4 Å². The Hall–Kier alpha value is -1.88. The van der Waals surface area contributed by atoms with Crippen LogP contribution in [-0.4, -0.2) is 37.4 Å². The van der Waals surface area contributed by atoms with E-state index in [0.29, 0.717) is 17.8 Å². The van der Waals surface area contributed by atoms with Crippen molar-refractivity contribution in [1.29, 1.82) is 0 Å². The molecule has 1 saturated heterocycles. The Labute approximate surface area is 123 Å². The van der Waals surface area contributed by atoms with Crippen LogP contribution in [0, 0.1) is 5.82 Å². The molecule has 1 fully saturated rings. The summed E-state index contributed by atoms with van der Waals surface area (Å²) in [6, 6.07) is 4.53. The summed E-state index contributed by atoms with van der Waals surface area (Å²) in [6.45, 7) is 1.49. The Balaban J connectivity index is 2.08. The van der Waals surface area contributed by atoms with E-state index in [1.165, 1.54) is 18.2 Å². The van der Waals surface area contributed by atoms with Crippen LogP contribution in [0.3, 0.4) is 0 Å². The topological polar surface area (TPSA) is 49.8 Å². The molecule has 0 amide bonds. The molecule has 1 heterocycles. The number of rotatable bonds is 5. The molecular formula is C16H20FNO3. The molecule has 1 aromatic rings. The van der Waals surface area contributed by atoms with Crippen molar-refractivity contribution < 1.29 is 19.0 Å². The number of likely N-dealkylation sites (N-methyl/N-ethyl adjacent to an activating group) is 1. The summed E-state index contributed by atoms with van der Waals surface area (Å²) >= 11 is 0. The molecule has 1 aliphatic rings. The van der Waals surface area contributed by atoms with Gasteiger partial charge in [0.1, 0.15) is 5.82 Å². The third-order valence-corrected chi connectivity index (χ3v) is 3.52. The quantitative estimate of drug-likeness (QED) is 0.848. The van der Waals surface area contributed by atoms with Gasteiger partial charge < -0.3 is 14.7 Å². The van der Waals surface area contributed by atoms with E-state index >= 15 is 0 Å². The largest absolute Gasteiger partial charge is 0.478 e. The van der Waals surface area contributed by atoms with Gasteiger partial charge >= 0.3 is 5.97 Å². The van der Waals surface area contributed by atoms with Crippen LogP contribution in [0.1, 0.15) is 24.8 Å². The number of hydrogen-bond acceptors (Lipinski definition) is 3. The van der Waals surface area contributed by atoms with E-state index in [0.717, 1.165) is 31.9 Å². The summed E-state index contributed by atoms with van der Waals surface area (Å²) < 4.78 is 19.3. The first kappa shape index (κ1) is 15.5. The first-order chi connectivity index (χ1) is 10.0. The summed E-state index contributed by atoms with van der Waals surface area (Å²) in [7, 11) is 1.89. The molecule has 1 N–H and O–H groups in total. The van der Waals surface area contributed by atoms with E-state index in [1.807, 2.05) is 11.9 Å². The number of ether oxygens (including phenoxy) is 1. The lowest BCUT2D eigenvalue weighted by Gasteiger charge is -2.28.